The van der Waals surface area contributed by atoms with E-state index in [1.165, 1.54) is 33.4 Å². The molecule has 7 aromatic carbocycles. The van der Waals surface area contributed by atoms with Crippen LogP contribution in [0.4, 0.5) is 0 Å². The third-order valence-electron chi connectivity index (χ3n) is 11.7. The van der Waals surface area contributed by atoms with E-state index in [1.54, 1.807) is 0 Å². The van der Waals surface area contributed by atoms with Gasteiger partial charge in [0.15, 0.2) is 5.82 Å². The summed E-state index contributed by atoms with van der Waals surface area (Å²) in [4.78, 5) is 10.8. The largest absolute Gasteiger partial charge is 0.456 e. The number of nitrogens with zero attached hydrogens (tertiary/aromatic N) is 2. The molecule has 0 amide bonds. The first-order valence-electron chi connectivity index (χ1n) is 19.3. The summed E-state index contributed by atoms with van der Waals surface area (Å²) >= 11 is 0. The van der Waals surface area contributed by atoms with Crippen molar-refractivity contribution >= 4 is 5.57 Å². The van der Waals surface area contributed by atoms with Crippen LogP contribution < -0.4 is 4.74 Å². The van der Waals surface area contributed by atoms with Gasteiger partial charge in [-0.25, -0.2) is 9.97 Å². The van der Waals surface area contributed by atoms with Crippen molar-refractivity contribution in [3.63, 3.8) is 0 Å². The zero-order valence-corrected chi connectivity index (χ0v) is 30.6. The molecule has 3 nitrogen and oxygen atoms in total. The smallest absolute Gasteiger partial charge is 0.160 e. The molecule has 1 spiro atoms. The maximum absolute atomic E-state index is 7.08. The Kier molecular flexibility index (Phi) is 7.53. The van der Waals surface area contributed by atoms with E-state index in [0.29, 0.717) is 5.82 Å². The Bertz CT molecular complexity index is 2830. The van der Waals surface area contributed by atoms with Gasteiger partial charge in [0.2, 0.25) is 0 Å². The van der Waals surface area contributed by atoms with E-state index in [1.807, 2.05) is 0 Å². The molecule has 0 saturated heterocycles. The Morgan fingerprint density at radius 2 is 1.07 bits per heavy atom. The minimum absolute atomic E-state index is 0.0640. The summed E-state index contributed by atoms with van der Waals surface area (Å²) in [5.74, 6) is 2.45. The number of allylic oxidation sites excluding steroid dienone is 4. The highest BCUT2D eigenvalue weighted by Crippen LogP contribution is 2.63. The van der Waals surface area contributed by atoms with E-state index in [4.69, 9.17) is 14.7 Å². The van der Waals surface area contributed by atoms with Gasteiger partial charge in [-0.3, -0.25) is 0 Å². The number of ether oxygens (including phenoxy) is 1. The van der Waals surface area contributed by atoms with Crippen LogP contribution in [0.2, 0.25) is 0 Å². The number of fused-ring (bicyclic) bond motifs is 9. The summed E-state index contributed by atoms with van der Waals surface area (Å²) in [6, 6.07) is 64.8. The normalized spacial score (nSPS) is 15.6. The highest BCUT2D eigenvalue weighted by Gasteiger charge is 2.51. The lowest BCUT2D eigenvalue weighted by Crippen LogP contribution is -2.32. The minimum Gasteiger partial charge on any atom is -0.456 e. The average molecular weight is 717 g/mol. The van der Waals surface area contributed by atoms with Gasteiger partial charge in [0.25, 0.3) is 0 Å². The van der Waals surface area contributed by atoms with Crippen LogP contribution in [-0.2, 0) is 5.41 Å². The fourth-order valence-corrected chi connectivity index (χ4v) is 9.22. The minimum atomic E-state index is -0.558. The molecule has 0 radical (unpaired) electrons. The van der Waals surface area contributed by atoms with Crippen LogP contribution in [0.15, 0.2) is 200 Å². The summed E-state index contributed by atoms with van der Waals surface area (Å²) in [5, 5.41) is 0. The molecule has 0 N–H and O–H groups in total. The second kappa shape index (κ2) is 13.0. The summed E-state index contributed by atoms with van der Waals surface area (Å²) in [5.41, 5.74) is 15.3. The topological polar surface area (TPSA) is 35.0 Å². The predicted molar refractivity (Wildman–Crippen MR) is 227 cm³/mol. The monoisotopic (exact) mass is 716 g/mol. The van der Waals surface area contributed by atoms with Crippen LogP contribution in [0.5, 0.6) is 11.5 Å². The zero-order valence-electron chi connectivity index (χ0n) is 30.6. The fourth-order valence-electron chi connectivity index (χ4n) is 9.22. The third kappa shape index (κ3) is 5.05. The fraction of sp³-hybridized carbons (Fsp3) is 0.0566. The molecule has 1 unspecified atom stereocenters. The van der Waals surface area contributed by atoms with Crippen molar-refractivity contribution in [3.8, 4) is 56.4 Å². The van der Waals surface area contributed by atoms with Gasteiger partial charge in [-0.2, -0.15) is 0 Å². The van der Waals surface area contributed by atoms with Crippen LogP contribution >= 0.6 is 0 Å². The lowest BCUT2D eigenvalue weighted by Gasteiger charge is -2.40. The molecule has 3 heteroatoms. The molecule has 264 valence electrons. The number of rotatable bonds is 5. The molecular weight excluding hydrogens is 681 g/mol. The van der Waals surface area contributed by atoms with Gasteiger partial charge >= 0.3 is 0 Å². The van der Waals surface area contributed by atoms with E-state index >= 15 is 0 Å². The first kappa shape index (κ1) is 32.3. The predicted octanol–water partition coefficient (Wildman–Crippen LogP) is 13.1. The van der Waals surface area contributed by atoms with Gasteiger partial charge in [0.1, 0.15) is 11.5 Å². The Morgan fingerprint density at radius 1 is 0.482 bits per heavy atom. The van der Waals surface area contributed by atoms with Crippen molar-refractivity contribution in [3.05, 3.63) is 234 Å². The Hall–Kier alpha value is -7.10. The Morgan fingerprint density at radius 3 is 1.84 bits per heavy atom. The molecule has 1 aliphatic heterocycles. The Balaban J connectivity index is 1.13. The SMILES string of the molecule is C1=CC(c2cc(-c3cccc4c3Oc3ccccc3C43c4ccccc4-c4ccccc43)nc(-c3cccc(-c4ccccc4)c3)n2)CC(c2ccccc2)=C1. The van der Waals surface area contributed by atoms with Crippen molar-refractivity contribution in [1.29, 1.82) is 0 Å². The van der Waals surface area contributed by atoms with E-state index in [-0.39, 0.29) is 5.92 Å². The van der Waals surface area contributed by atoms with Gasteiger partial charge in [0.05, 0.1) is 16.8 Å². The maximum Gasteiger partial charge on any atom is 0.160 e. The number of benzene rings is 7. The molecule has 0 saturated carbocycles. The van der Waals surface area contributed by atoms with Crippen LogP contribution in [0.25, 0.3) is 50.5 Å². The summed E-state index contributed by atoms with van der Waals surface area (Å²) < 4.78 is 7.08. The molecule has 2 aliphatic carbocycles. The zero-order chi connectivity index (χ0) is 37.1. The van der Waals surface area contributed by atoms with Gasteiger partial charge < -0.3 is 4.74 Å². The van der Waals surface area contributed by atoms with Crippen molar-refractivity contribution in [2.75, 3.05) is 0 Å². The summed E-state index contributed by atoms with van der Waals surface area (Å²) in [6.07, 6.45) is 7.52. The average Bonchev–Trinajstić information content (AvgIpc) is 3.57. The van der Waals surface area contributed by atoms with Gasteiger partial charge in [0, 0.05) is 28.2 Å². The Labute approximate surface area is 327 Å². The third-order valence-corrected chi connectivity index (χ3v) is 11.7. The first-order valence-corrected chi connectivity index (χ1v) is 19.3. The molecule has 8 aromatic rings. The highest BCUT2D eigenvalue weighted by atomic mass is 16.5. The second-order valence-corrected chi connectivity index (χ2v) is 14.8. The summed E-state index contributed by atoms with van der Waals surface area (Å²) in [7, 11) is 0. The van der Waals surface area contributed by atoms with Crippen molar-refractivity contribution in [1.82, 2.24) is 9.97 Å². The van der Waals surface area contributed by atoms with E-state index in [0.717, 1.165) is 62.7 Å². The van der Waals surface area contributed by atoms with Crippen molar-refractivity contribution < 1.29 is 4.74 Å². The lowest BCUT2D eigenvalue weighted by atomic mass is 9.65. The molecule has 1 atom stereocenters. The number of para-hydroxylation sites is 2. The molecule has 0 fully saturated rings. The lowest BCUT2D eigenvalue weighted by molar-refractivity contribution is 0.438. The van der Waals surface area contributed by atoms with E-state index < -0.39 is 5.41 Å². The van der Waals surface area contributed by atoms with Crippen LogP contribution in [-0.4, -0.2) is 9.97 Å². The molecule has 56 heavy (non-hydrogen) atoms. The number of hydrogen-bond acceptors (Lipinski definition) is 3. The van der Waals surface area contributed by atoms with E-state index in [2.05, 4.69) is 200 Å². The van der Waals surface area contributed by atoms with Crippen LogP contribution in [0.3, 0.4) is 0 Å². The van der Waals surface area contributed by atoms with Crippen LogP contribution in [0.1, 0.15) is 45.8 Å². The molecule has 1 aromatic heterocycles. The molecule has 2 heterocycles. The van der Waals surface area contributed by atoms with Crippen molar-refractivity contribution in [2.24, 2.45) is 0 Å². The maximum atomic E-state index is 7.08. The molecular formula is C53H36N2O. The van der Waals surface area contributed by atoms with Gasteiger partial charge in [-0.15, -0.1) is 0 Å². The molecule has 0 bridgehead atoms. The van der Waals surface area contributed by atoms with Crippen LogP contribution in [0, 0.1) is 0 Å². The van der Waals surface area contributed by atoms with E-state index in [9.17, 15) is 0 Å². The number of hydrogen-bond donors (Lipinski definition) is 0. The standard InChI is InChI=1S/C53H36N2O/c1-3-16-35(17-4-1)37-20-13-22-39(32-37)48-34-49(55-52(54-48)40-23-14-21-38(33-40)36-18-5-2-6-19-36)43-26-15-30-47-51(43)56-50-31-12-11-29-46(50)53(47)44-27-9-7-24-41(44)42-25-8-10-28-45(42)53/h1-31,33-34,39H,32H2. The van der Waals surface area contributed by atoms with Gasteiger partial charge in [-0.05, 0) is 75.2 Å². The quantitative estimate of drug-likeness (QED) is 0.178. The number of aromatic nitrogens is 2. The van der Waals surface area contributed by atoms with Gasteiger partial charge in [-0.1, -0.05) is 176 Å². The first-order chi connectivity index (χ1) is 27.8. The second-order valence-electron chi connectivity index (χ2n) is 14.8. The highest BCUT2D eigenvalue weighted by molar-refractivity contribution is 5.90. The van der Waals surface area contributed by atoms with Crippen molar-refractivity contribution in [2.45, 2.75) is 17.8 Å². The molecule has 3 aliphatic rings. The summed E-state index contributed by atoms with van der Waals surface area (Å²) in [6.45, 7) is 0. The molecule has 11 rings (SSSR count).